The van der Waals surface area contributed by atoms with Crippen LogP contribution in [0, 0.1) is 0 Å². The molecule has 1 aromatic heterocycles. The van der Waals surface area contributed by atoms with Gasteiger partial charge in [0.1, 0.15) is 4.88 Å². The minimum absolute atomic E-state index is 0.224. The number of nitrogens with one attached hydrogen (secondary N) is 1. The van der Waals surface area contributed by atoms with E-state index in [1.807, 2.05) is 0 Å². The molecule has 0 unspecified atom stereocenters. The van der Waals surface area contributed by atoms with Gasteiger partial charge >= 0.3 is 4.87 Å². The van der Waals surface area contributed by atoms with Crippen molar-refractivity contribution in [2.75, 3.05) is 5.75 Å². The van der Waals surface area contributed by atoms with Crippen LogP contribution in [0.2, 0.25) is 0 Å². The molecule has 9 heteroatoms. The number of aromatic amines is 1. The van der Waals surface area contributed by atoms with Gasteiger partial charge < -0.3 is 5.11 Å². The van der Waals surface area contributed by atoms with Crippen molar-refractivity contribution in [2.45, 2.75) is 11.8 Å². The van der Waals surface area contributed by atoms with Gasteiger partial charge in [-0.3, -0.25) is 14.8 Å². The molecule has 2 aromatic rings. The summed E-state index contributed by atoms with van der Waals surface area (Å²) in [5, 5.41) is 9.40. The van der Waals surface area contributed by atoms with E-state index in [1.165, 1.54) is 18.3 Å². The van der Waals surface area contributed by atoms with Crippen molar-refractivity contribution in [1.29, 1.82) is 0 Å². The summed E-state index contributed by atoms with van der Waals surface area (Å²) >= 11 is 0.838. The van der Waals surface area contributed by atoms with Crippen molar-refractivity contribution < 1.29 is 13.5 Å². The number of hydrogen-bond acceptors (Lipinski definition) is 7. The lowest BCUT2D eigenvalue weighted by Gasteiger charge is -2.01. The van der Waals surface area contributed by atoms with Crippen LogP contribution < -0.4 is 4.87 Å². The zero-order valence-corrected chi connectivity index (χ0v) is 13.4. The molecule has 0 saturated carbocycles. The van der Waals surface area contributed by atoms with Crippen LogP contribution in [0.5, 0.6) is 5.88 Å². The molecule has 0 radical (unpaired) electrons. The number of hydrogen-bond donors (Lipinski definition) is 2. The molecule has 2 N–H and O–H groups in total. The number of H-pyrrole nitrogens is 1. The van der Waals surface area contributed by atoms with Gasteiger partial charge in [-0.25, -0.2) is 8.42 Å². The van der Waals surface area contributed by atoms with Crippen LogP contribution in [-0.4, -0.2) is 30.5 Å². The fraction of sp³-hybridized carbons (Fsp3) is 0.167. The Morgan fingerprint density at radius 1 is 1.38 bits per heavy atom. The highest BCUT2D eigenvalue weighted by Gasteiger charge is 2.13. The van der Waals surface area contributed by atoms with Gasteiger partial charge in [-0.15, -0.1) is 0 Å². The van der Waals surface area contributed by atoms with Gasteiger partial charge in [-0.1, -0.05) is 18.3 Å². The van der Waals surface area contributed by atoms with E-state index in [4.69, 9.17) is 0 Å². The minimum atomic E-state index is -3.32. The molecule has 1 heterocycles. The predicted molar refractivity (Wildman–Crippen MR) is 85.6 cm³/mol. The maximum Gasteiger partial charge on any atom is 0.307 e. The Hall–Kier alpha value is -1.58. The third-order valence-electron chi connectivity index (χ3n) is 2.39. The van der Waals surface area contributed by atoms with Crippen LogP contribution in [0.15, 0.2) is 38.9 Å². The Morgan fingerprint density at radius 2 is 2.05 bits per heavy atom. The standard InChI is InChI=1S/C12H12N2O4S3/c1-2-19-21(17,18)9-5-3-8(4-6-9)13-7-10-11(15)14-12(16)20-10/h3-7,15H,2H2,1H3,(H,14,16). The van der Waals surface area contributed by atoms with Gasteiger partial charge in [0.2, 0.25) is 14.7 Å². The van der Waals surface area contributed by atoms with Crippen LogP contribution in [0.25, 0.3) is 0 Å². The van der Waals surface area contributed by atoms with Crippen molar-refractivity contribution in [2.24, 2.45) is 4.99 Å². The zero-order chi connectivity index (χ0) is 15.5. The first-order chi connectivity index (χ1) is 9.92. The Bertz CT molecular complexity index is 804. The maximum absolute atomic E-state index is 11.8. The van der Waals surface area contributed by atoms with E-state index in [-0.39, 0.29) is 15.6 Å². The second-order valence-corrected chi connectivity index (χ2v) is 9.07. The Labute approximate surface area is 128 Å². The molecule has 0 aliphatic carbocycles. The second kappa shape index (κ2) is 6.46. The molecule has 0 aliphatic rings. The first kappa shape index (κ1) is 15.8. The first-order valence-electron chi connectivity index (χ1n) is 5.88. The largest absolute Gasteiger partial charge is 0.493 e. The third kappa shape index (κ3) is 3.96. The van der Waals surface area contributed by atoms with Gasteiger partial charge in [0.15, 0.2) is 0 Å². The molecule has 6 nitrogen and oxygen atoms in total. The smallest absolute Gasteiger partial charge is 0.307 e. The van der Waals surface area contributed by atoms with Crippen molar-refractivity contribution in [3.8, 4) is 5.88 Å². The van der Waals surface area contributed by atoms with Gasteiger partial charge in [0, 0.05) is 5.75 Å². The van der Waals surface area contributed by atoms with E-state index in [2.05, 4.69) is 9.98 Å². The normalized spacial score (nSPS) is 12.0. The highest BCUT2D eigenvalue weighted by atomic mass is 33.1. The van der Waals surface area contributed by atoms with Crippen molar-refractivity contribution in [1.82, 2.24) is 4.98 Å². The average Bonchev–Trinajstić information content (AvgIpc) is 2.75. The van der Waals surface area contributed by atoms with E-state index >= 15 is 0 Å². The molecule has 0 spiro atoms. The molecule has 0 atom stereocenters. The summed E-state index contributed by atoms with van der Waals surface area (Å²) in [4.78, 5) is 17.5. The van der Waals surface area contributed by atoms with E-state index in [9.17, 15) is 18.3 Å². The molecule has 112 valence electrons. The summed E-state index contributed by atoms with van der Waals surface area (Å²) in [7, 11) is -2.45. The van der Waals surface area contributed by atoms with Crippen molar-refractivity contribution in [3.05, 3.63) is 38.8 Å². The molecule has 0 bridgehead atoms. The van der Waals surface area contributed by atoms with E-state index in [0.717, 1.165) is 22.1 Å². The van der Waals surface area contributed by atoms with Gasteiger partial charge in [-0.05, 0) is 35.1 Å². The lowest BCUT2D eigenvalue weighted by Crippen LogP contribution is -1.94. The number of rotatable bonds is 5. The van der Waals surface area contributed by atoms with Crippen LogP contribution in [0.3, 0.4) is 0 Å². The third-order valence-corrected chi connectivity index (χ3v) is 6.80. The zero-order valence-electron chi connectivity index (χ0n) is 10.9. The molecule has 2 rings (SSSR count). The lowest BCUT2D eigenvalue weighted by atomic mass is 10.3. The summed E-state index contributed by atoms with van der Waals surface area (Å²) in [6.07, 6.45) is 1.35. The molecule has 1 aromatic carbocycles. The number of aliphatic imine (C=N–C) groups is 1. The average molecular weight is 344 g/mol. The highest BCUT2D eigenvalue weighted by Crippen LogP contribution is 2.25. The molecule has 0 amide bonds. The second-order valence-electron chi connectivity index (χ2n) is 3.84. The summed E-state index contributed by atoms with van der Waals surface area (Å²) < 4.78 is 23.6. The minimum Gasteiger partial charge on any atom is -0.493 e. The van der Waals surface area contributed by atoms with E-state index in [0.29, 0.717) is 16.3 Å². The van der Waals surface area contributed by atoms with Crippen molar-refractivity contribution >= 4 is 42.9 Å². The lowest BCUT2D eigenvalue weighted by molar-refractivity contribution is 0.455. The molecule has 21 heavy (non-hydrogen) atoms. The van der Waals surface area contributed by atoms with Gasteiger partial charge in [-0.2, -0.15) is 0 Å². The first-order valence-corrected chi connectivity index (χ1v) is 9.68. The highest BCUT2D eigenvalue weighted by molar-refractivity contribution is 8.72. The van der Waals surface area contributed by atoms with Gasteiger partial charge in [0.25, 0.3) is 0 Å². The molecular weight excluding hydrogens is 332 g/mol. The molecule has 0 saturated heterocycles. The number of nitrogens with zero attached hydrogens (tertiary/aromatic N) is 1. The Morgan fingerprint density at radius 3 is 2.57 bits per heavy atom. The van der Waals surface area contributed by atoms with E-state index < -0.39 is 8.87 Å². The molecule has 0 aliphatic heterocycles. The number of benzene rings is 1. The number of thiazole rings is 1. The summed E-state index contributed by atoms with van der Waals surface area (Å²) in [6.45, 7) is 1.77. The topological polar surface area (TPSA) is 99.6 Å². The molecule has 0 fully saturated rings. The SMILES string of the molecule is CCSS(=O)(=O)c1ccc(N=Cc2sc(=O)[nH]c2O)cc1. The van der Waals surface area contributed by atoms with Gasteiger partial charge in [0.05, 0.1) is 16.8 Å². The summed E-state index contributed by atoms with van der Waals surface area (Å²) in [5.41, 5.74) is 0.524. The van der Waals surface area contributed by atoms with E-state index in [1.54, 1.807) is 19.1 Å². The monoisotopic (exact) mass is 344 g/mol. The number of aromatic hydroxyl groups is 1. The van der Waals surface area contributed by atoms with Crippen LogP contribution >= 0.6 is 22.1 Å². The maximum atomic E-state index is 11.8. The molecular formula is C12H12N2O4S3. The predicted octanol–water partition coefficient (Wildman–Crippen LogP) is 2.33. The van der Waals surface area contributed by atoms with Crippen molar-refractivity contribution in [3.63, 3.8) is 0 Å². The Balaban J connectivity index is 2.20. The number of aromatic nitrogens is 1. The fourth-order valence-electron chi connectivity index (χ4n) is 1.47. The fourth-order valence-corrected chi connectivity index (χ4v) is 4.66. The van der Waals surface area contributed by atoms with Crippen LogP contribution in [-0.2, 0) is 8.87 Å². The summed E-state index contributed by atoms with van der Waals surface area (Å²) in [5.74, 6) is 0.251. The van der Waals surface area contributed by atoms with Crippen LogP contribution in [0.4, 0.5) is 5.69 Å². The van der Waals surface area contributed by atoms with Crippen LogP contribution in [0.1, 0.15) is 11.8 Å². The quantitative estimate of drug-likeness (QED) is 0.640. The summed E-state index contributed by atoms with van der Waals surface area (Å²) in [6, 6.07) is 6.08. The Kier molecular flexibility index (Phi) is 4.86.